The van der Waals surface area contributed by atoms with Gasteiger partial charge in [0.1, 0.15) is 11.6 Å². The fraction of sp³-hybridized carbons (Fsp3) is 0.333. The molecule has 0 aliphatic heterocycles. The third-order valence-electron chi connectivity index (χ3n) is 4.53. The van der Waals surface area contributed by atoms with E-state index >= 15 is 0 Å². The van der Waals surface area contributed by atoms with E-state index in [-0.39, 0.29) is 24.5 Å². The van der Waals surface area contributed by atoms with E-state index in [0.717, 1.165) is 18.2 Å². The second-order valence-corrected chi connectivity index (χ2v) is 8.56. The lowest BCUT2D eigenvalue weighted by molar-refractivity contribution is -0.129. The van der Waals surface area contributed by atoms with Gasteiger partial charge in [-0.05, 0) is 42.8 Å². The SMILES string of the molecule is CCN(CC)S(=O)(=O)c1ccc(F)c(C(=O)OC(C)C(=O)NCc2ccc(F)cc2)c1. The number of carbonyl (C=O) groups excluding carboxylic acids is 2. The summed E-state index contributed by atoms with van der Waals surface area (Å²) in [6, 6.07) is 8.30. The van der Waals surface area contributed by atoms with Crippen molar-refractivity contribution < 1.29 is 31.5 Å². The van der Waals surface area contributed by atoms with Gasteiger partial charge in [-0.15, -0.1) is 0 Å². The lowest BCUT2D eigenvalue weighted by Gasteiger charge is -2.19. The third kappa shape index (κ3) is 6.08. The third-order valence-corrected chi connectivity index (χ3v) is 6.58. The molecular formula is C21H24F2N2O5S. The van der Waals surface area contributed by atoms with E-state index in [1.54, 1.807) is 13.8 Å². The largest absolute Gasteiger partial charge is 0.449 e. The molecule has 31 heavy (non-hydrogen) atoms. The zero-order valence-electron chi connectivity index (χ0n) is 17.4. The highest BCUT2D eigenvalue weighted by Gasteiger charge is 2.26. The fourth-order valence-corrected chi connectivity index (χ4v) is 4.23. The number of halogens is 2. The number of amides is 1. The van der Waals surface area contributed by atoms with Crippen LogP contribution in [0.5, 0.6) is 0 Å². The molecule has 0 radical (unpaired) electrons. The number of ether oxygens (including phenoxy) is 1. The van der Waals surface area contributed by atoms with Gasteiger partial charge in [-0.2, -0.15) is 4.31 Å². The summed E-state index contributed by atoms with van der Waals surface area (Å²) < 4.78 is 58.5. The molecule has 10 heteroatoms. The van der Waals surface area contributed by atoms with E-state index in [0.29, 0.717) is 5.56 Å². The molecule has 2 rings (SSSR count). The number of esters is 1. The van der Waals surface area contributed by atoms with E-state index in [1.165, 1.54) is 35.5 Å². The second-order valence-electron chi connectivity index (χ2n) is 6.62. The molecule has 168 valence electrons. The summed E-state index contributed by atoms with van der Waals surface area (Å²) in [4.78, 5) is 24.3. The van der Waals surface area contributed by atoms with Gasteiger partial charge < -0.3 is 10.1 Å². The van der Waals surface area contributed by atoms with Crippen LogP contribution < -0.4 is 5.32 Å². The van der Waals surface area contributed by atoms with E-state index in [9.17, 15) is 26.8 Å². The number of sulfonamides is 1. The molecule has 0 fully saturated rings. The van der Waals surface area contributed by atoms with Crippen molar-refractivity contribution in [3.63, 3.8) is 0 Å². The van der Waals surface area contributed by atoms with Gasteiger partial charge in [-0.1, -0.05) is 26.0 Å². The van der Waals surface area contributed by atoms with Crippen LogP contribution in [0.1, 0.15) is 36.7 Å². The number of carbonyl (C=O) groups is 2. The van der Waals surface area contributed by atoms with Crippen molar-refractivity contribution >= 4 is 21.9 Å². The lowest BCUT2D eigenvalue weighted by Crippen LogP contribution is -2.35. The predicted octanol–water partition coefficient (Wildman–Crippen LogP) is 2.86. The van der Waals surface area contributed by atoms with Crippen LogP contribution in [0.3, 0.4) is 0 Å². The number of benzene rings is 2. The maximum atomic E-state index is 14.2. The van der Waals surface area contributed by atoms with Crippen LogP contribution in [0.25, 0.3) is 0 Å². The molecule has 1 atom stereocenters. The van der Waals surface area contributed by atoms with Crippen LogP contribution >= 0.6 is 0 Å². The number of hydrogen-bond donors (Lipinski definition) is 1. The van der Waals surface area contributed by atoms with Crippen molar-refractivity contribution in [1.29, 1.82) is 0 Å². The summed E-state index contributed by atoms with van der Waals surface area (Å²) in [7, 11) is -3.91. The monoisotopic (exact) mass is 454 g/mol. The van der Waals surface area contributed by atoms with E-state index < -0.39 is 45.2 Å². The van der Waals surface area contributed by atoms with Crippen LogP contribution in [-0.4, -0.2) is 43.8 Å². The van der Waals surface area contributed by atoms with Crippen LogP contribution in [0, 0.1) is 11.6 Å². The molecule has 2 aromatic rings. The van der Waals surface area contributed by atoms with Gasteiger partial charge in [0.2, 0.25) is 10.0 Å². The highest BCUT2D eigenvalue weighted by molar-refractivity contribution is 7.89. The number of hydrogen-bond acceptors (Lipinski definition) is 5. The van der Waals surface area contributed by atoms with Crippen molar-refractivity contribution in [3.05, 3.63) is 65.2 Å². The van der Waals surface area contributed by atoms with E-state index in [4.69, 9.17) is 4.74 Å². The average Bonchev–Trinajstić information content (AvgIpc) is 2.73. The Morgan fingerprint density at radius 3 is 2.26 bits per heavy atom. The topological polar surface area (TPSA) is 92.8 Å². The maximum Gasteiger partial charge on any atom is 0.341 e. The molecule has 1 unspecified atom stereocenters. The second kappa shape index (κ2) is 10.5. The van der Waals surface area contributed by atoms with Crippen molar-refractivity contribution in [3.8, 4) is 0 Å². The number of nitrogens with zero attached hydrogens (tertiary/aromatic N) is 1. The highest BCUT2D eigenvalue weighted by Crippen LogP contribution is 2.20. The van der Waals surface area contributed by atoms with Crippen molar-refractivity contribution in [1.82, 2.24) is 9.62 Å². The minimum Gasteiger partial charge on any atom is -0.449 e. The molecular weight excluding hydrogens is 430 g/mol. The average molecular weight is 454 g/mol. The van der Waals surface area contributed by atoms with Gasteiger partial charge in [-0.3, -0.25) is 4.79 Å². The number of nitrogens with one attached hydrogen (secondary N) is 1. The summed E-state index contributed by atoms with van der Waals surface area (Å²) >= 11 is 0. The van der Waals surface area contributed by atoms with Crippen molar-refractivity contribution in [2.75, 3.05) is 13.1 Å². The molecule has 2 aromatic carbocycles. The Kier molecular flexibility index (Phi) is 8.23. The molecule has 0 heterocycles. The van der Waals surface area contributed by atoms with Gasteiger partial charge >= 0.3 is 5.97 Å². The Balaban J connectivity index is 2.10. The normalized spacial score (nSPS) is 12.5. The molecule has 1 amide bonds. The molecule has 0 saturated heterocycles. The summed E-state index contributed by atoms with van der Waals surface area (Å²) in [6.07, 6.45) is -1.27. The first-order valence-electron chi connectivity index (χ1n) is 9.63. The van der Waals surface area contributed by atoms with Gasteiger partial charge in [0.15, 0.2) is 6.10 Å². The zero-order chi connectivity index (χ0) is 23.2. The lowest BCUT2D eigenvalue weighted by atomic mass is 10.2. The first-order chi connectivity index (χ1) is 14.6. The first-order valence-corrected chi connectivity index (χ1v) is 11.1. The molecule has 0 bridgehead atoms. The Labute approximate surface area is 180 Å². The molecule has 0 aromatic heterocycles. The van der Waals surface area contributed by atoms with Gasteiger partial charge in [0, 0.05) is 19.6 Å². The van der Waals surface area contributed by atoms with Gasteiger partial charge in [-0.25, -0.2) is 22.0 Å². The summed E-state index contributed by atoms with van der Waals surface area (Å²) in [5, 5.41) is 2.52. The van der Waals surface area contributed by atoms with Crippen molar-refractivity contribution in [2.24, 2.45) is 0 Å². The van der Waals surface area contributed by atoms with Crippen LogP contribution in [0.15, 0.2) is 47.4 Å². The molecule has 0 spiro atoms. The van der Waals surface area contributed by atoms with E-state index in [1.807, 2.05) is 0 Å². The summed E-state index contributed by atoms with van der Waals surface area (Å²) in [5.41, 5.74) is 0.0417. The van der Waals surface area contributed by atoms with Crippen LogP contribution in [-0.2, 0) is 26.1 Å². The minimum atomic E-state index is -3.91. The minimum absolute atomic E-state index is 0.0764. The van der Waals surface area contributed by atoms with Crippen molar-refractivity contribution in [2.45, 2.75) is 38.3 Å². The Morgan fingerprint density at radius 2 is 1.68 bits per heavy atom. The van der Waals surface area contributed by atoms with Gasteiger partial charge in [0.05, 0.1) is 10.5 Å². The fourth-order valence-electron chi connectivity index (χ4n) is 2.75. The highest BCUT2D eigenvalue weighted by atomic mass is 32.2. The molecule has 1 N–H and O–H groups in total. The summed E-state index contributed by atoms with van der Waals surface area (Å²) in [5.74, 6) is -3.20. The zero-order valence-corrected chi connectivity index (χ0v) is 18.2. The molecule has 7 nitrogen and oxygen atoms in total. The quantitative estimate of drug-likeness (QED) is 0.588. The standard InChI is InChI=1S/C21H24F2N2O5S/c1-4-25(5-2)31(28,29)17-10-11-19(23)18(12-17)21(27)30-14(3)20(26)24-13-15-6-8-16(22)9-7-15/h6-12,14H,4-5,13H2,1-3H3,(H,24,26). The van der Waals surface area contributed by atoms with Gasteiger partial charge in [0.25, 0.3) is 5.91 Å². The van der Waals surface area contributed by atoms with E-state index in [2.05, 4.69) is 5.32 Å². The maximum absolute atomic E-state index is 14.2. The predicted molar refractivity (Wildman–Crippen MR) is 110 cm³/mol. The molecule has 0 aliphatic carbocycles. The smallest absolute Gasteiger partial charge is 0.341 e. The Hall–Kier alpha value is -2.85. The molecule has 0 saturated carbocycles. The Bertz CT molecular complexity index is 1040. The molecule has 0 aliphatic rings. The van der Waals surface area contributed by atoms with Crippen LogP contribution in [0.4, 0.5) is 8.78 Å². The summed E-state index contributed by atoms with van der Waals surface area (Å²) in [6.45, 7) is 5.11. The van der Waals surface area contributed by atoms with Crippen LogP contribution in [0.2, 0.25) is 0 Å². The Morgan fingerprint density at radius 1 is 1.06 bits per heavy atom. The first kappa shape index (κ1) is 24.4. The number of rotatable bonds is 9.